The topological polar surface area (TPSA) is 128 Å². The Bertz CT molecular complexity index is 224. The summed E-state index contributed by atoms with van der Waals surface area (Å²) in [6.07, 6.45) is 4.51. The second kappa shape index (κ2) is 16.1. The van der Waals surface area contributed by atoms with Crippen molar-refractivity contribution in [2.24, 2.45) is 0 Å². The first-order chi connectivity index (χ1) is 8.36. The number of hydrogen-bond acceptors (Lipinski definition) is 6. The van der Waals surface area contributed by atoms with E-state index in [1.54, 1.807) is 0 Å². The van der Waals surface area contributed by atoms with Crippen molar-refractivity contribution >= 4 is 35.5 Å². The summed E-state index contributed by atoms with van der Waals surface area (Å²) in [7, 11) is 0. The Morgan fingerprint density at radius 1 is 0.947 bits per heavy atom. The number of carbonyl (C=O) groups is 2. The summed E-state index contributed by atoms with van der Waals surface area (Å²) < 4.78 is 0. The van der Waals surface area contributed by atoms with Crippen LogP contribution in [-0.2, 0) is 26.7 Å². The van der Waals surface area contributed by atoms with Crippen LogP contribution in [0.3, 0.4) is 0 Å². The number of nitrogens with one attached hydrogen (secondary N) is 2. The molecule has 6 nitrogen and oxygen atoms in total. The molecule has 0 aromatic rings. The largest absolute Gasteiger partial charge is 2.00 e. The van der Waals surface area contributed by atoms with Gasteiger partial charge in [-0.05, 0) is 24.0 Å². The second-order valence-electron chi connectivity index (χ2n) is 3.31. The number of carboxylic acid groups (broad SMARTS) is 2. The van der Waals surface area contributed by atoms with Gasteiger partial charge in [0.2, 0.25) is 0 Å². The molecule has 0 saturated carbocycles. The fourth-order valence-corrected chi connectivity index (χ4v) is 1.65. The minimum atomic E-state index is -1.27. The standard InChI is InChI=1S/2C5H10NO2S.Cu/c2*1-9-3-2-4(6)5(7)8;/h2*4,6H,2-3H2,1H3,(H,7,8);/q2*-1;+2/p-2/t2*4-;/m00./s1. The summed E-state index contributed by atoms with van der Waals surface area (Å²) in [6.45, 7) is 0. The Hall–Kier alpha value is 0.0795. The van der Waals surface area contributed by atoms with E-state index in [2.05, 4.69) is 0 Å². The van der Waals surface area contributed by atoms with Gasteiger partial charge in [0.05, 0.1) is 0 Å². The third-order valence-electron chi connectivity index (χ3n) is 1.79. The fraction of sp³-hybridized carbons (Fsp3) is 0.800. The van der Waals surface area contributed by atoms with E-state index in [1.807, 2.05) is 12.5 Å². The van der Waals surface area contributed by atoms with Crippen molar-refractivity contribution in [1.29, 1.82) is 0 Å². The maximum atomic E-state index is 9.90. The summed E-state index contributed by atoms with van der Waals surface area (Å²) in [6, 6.07) is -2.09. The van der Waals surface area contributed by atoms with Crippen molar-refractivity contribution in [2.75, 3.05) is 24.0 Å². The van der Waals surface area contributed by atoms with Gasteiger partial charge in [0.25, 0.3) is 0 Å². The Balaban J connectivity index is -0.000000256. The first kappa shape index (κ1) is 24.1. The van der Waals surface area contributed by atoms with Gasteiger partial charge in [-0.25, -0.2) is 0 Å². The molecule has 0 spiro atoms. The van der Waals surface area contributed by atoms with Crippen LogP contribution in [0.1, 0.15) is 12.8 Å². The summed E-state index contributed by atoms with van der Waals surface area (Å²) >= 11 is 3.07. The molecular weight excluding hydrogens is 340 g/mol. The van der Waals surface area contributed by atoms with Gasteiger partial charge in [-0.1, -0.05) is 24.9 Å². The van der Waals surface area contributed by atoms with Crippen molar-refractivity contribution < 1.29 is 36.9 Å². The zero-order valence-electron chi connectivity index (χ0n) is 10.7. The molecule has 0 saturated heterocycles. The normalized spacial score (nSPS) is 12.4. The molecule has 0 bridgehead atoms. The Morgan fingerprint density at radius 2 is 1.21 bits per heavy atom. The Kier molecular flexibility index (Phi) is 20.5. The third kappa shape index (κ3) is 18.1. The SMILES string of the molecule is CSCC[C@H]([NH-])C(=O)[O-].CSCC[C@H]([NH-])C(=O)[O-].[Cu+2]. The monoisotopic (exact) mass is 357 g/mol. The zero-order valence-corrected chi connectivity index (χ0v) is 13.3. The average molecular weight is 358 g/mol. The van der Waals surface area contributed by atoms with Crippen molar-refractivity contribution in [2.45, 2.75) is 24.9 Å². The molecule has 0 rings (SSSR count). The molecule has 2 atom stereocenters. The van der Waals surface area contributed by atoms with Crippen LogP contribution in [0.15, 0.2) is 0 Å². The van der Waals surface area contributed by atoms with Crippen LogP contribution < -0.4 is 10.2 Å². The van der Waals surface area contributed by atoms with E-state index in [4.69, 9.17) is 11.5 Å². The van der Waals surface area contributed by atoms with Gasteiger partial charge in [0.1, 0.15) is 0 Å². The van der Waals surface area contributed by atoms with Crippen LogP contribution in [0.4, 0.5) is 0 Å². The molecule has 0 amide bonds. The summed E-state index contributed by atoms with van der Waals surface area (Å²) in [5, 5.41) is 19.8. The first-order valence-corrected chi connectivity index (χ1v) is 7.97. The Labute approximate surface area is 132 Å². The number of hydrogen-bond donors (Lipinski definition) is 0. The van der Waals surface area contributed by atoms with Gasteiger partial charge < -0.3 is 31.3 Å². The van der Waals surface area contributed by atoms with E-state index in [0.29, 0.717) is 24.3 Å². The van der Waals surface area contributed by atoms with Crippen LogP contribution in [0, 0.1) is 0 Å². The van der Waals surface area contributed by atoms with Crippen LogP contribution >= 0.6 is 23.5 Å². The van der Waals surface area contributed by atoms with Crippen LogP contribution in [0.5, 0.6) is 0 Å². The van der Waals surface area contributed by atoms with Crippen molar-refractivity contribution in [3.63, 3.8) is 0 Å². The number of carbonyl (C=O) groups excluding carboxylic acids is 2. The van der Waals surface area contributed by atoms with Gasteiger partial charge in [0, 0.05) is 11.9 Å². The zero-order chi connectivity index (χ0) is 14.6. The quantitative estimate of drug-likeness (QED) is 0.554. The van der Waals surface area contributed by atoms with E-state index in [9.17, 15) is 19.8 Å². The maximum Gasteiger partial charge on any atom is 2.00 e. The molecule has 19 heavy (non-hydrogen) atoms. The number of thioether (sulfide) groups is 2. The molecule has 0 unspecified atom stereocenters. The summed E-state index contributed by atoms with van der Waals surface area (Å²) in [5.41, 5.74) is 13.7. The molecule has 0 aliphatic heterocycles. The van der Waals surface area contributed by atoms with Crippen molar-refractivity contribution in [3.8, 4) is 0 Å². The molecule has 0 aromatic heterocycles. The van der Waals surface area contributed by atoms with Gasteiger partial charge in [-0.3, -0.25) is 0 Å². The first-order valence-electron chi connectivity index (χ1n) is 5.18. The van der Waals surface area contributed by atoms with Crippen molar-refractivity contribution in [3.05, 3.63) is 11.5 Å². The minimum Gasteiger partial charge on any atom is -0.670 e. The number of rotatable bonds is 8. The molecule has 0 heterocycles. The van der Waals surface area contributed by atoms with Gasteiger partial charge in [0.15, 0.2) is 0 Å². The van der Waals surface area contributed by atoms with Crippen LogP contribution in [0.2, 0.25) is 0 Å². The molecule has 9 heteroatoms. The smallest absolute Gasteiger partial charge is 0.670 e. The number of carboxylic acids is 2. The predicted molar refractivity (Wildman–Crippen MR) is 72.2 cm³/mol. The minimum absolute atomic E-state index is 0. The van der Waals surface area contributed by atoms with Gasteiger partial charge in [-0.2, -0.15) is 23.5 Å². The predicted octanol–water partition coefficient (Wildman–Crippen LogP) is -0.182. The van der Waals surface area contributed by atoms with Crippen LogP contribution in [0.25, 0.3) is 11.5 Å². The molecule has 0 fully saturated rings. The van der Waals surface area contributed by atoms with E-state index < -0.39 is 24.0 Å². The third-order valence-corrected chi connectivity index (χ3v) is 3.08. The van der Waals surface area contributed by atoms with Crippen molar-refractivity contribution in [1.82, 2.24) is 0 Å². The molecule has 0 aromatic carbocycles. The molecule has 0 aliphatic rings. The van der Waals surface area contributed by atoms with E-state index in [1.165, 1.54) is 23.5 Å². The maximum absolute atomic E-state index is 9.90. The molecule has 117 valence electrons. The summed E-state index contributed by atoms with van der Waals surface area (Å²) in [5.74, 6) is -1.13. The fourth-order valence-electron chi connectivity index (χ4n) is 0.707. The Morgan fingerprint density at radius 3 is 1.37 bits per heavy atom. The van der Waals surface area contributed by atoms with Gasteiger partial charge in [-0.15, -0.1) is 0 Å². The second-order valence-corrected chi connectivity index (χ2v) is 5.28. The van der Waals surface area contributed by atoms with Crippen LogP contribution in [-0.4, -0.2) is 48.0 Å². The average Bonchev–Trinajstić information content (AvgIpc) is 2.33. The van der Waals surface area contributed by atoms with E-state index >= 15 is 0 Å². The molecule has 0 aliphatic carbocycles. The molecular formula is C10H18CuN2O4S2-2. The molecule has 2 N–H and O–H groups in total. The van der Waals surface area contributed by atoms with E-state index in [0.717, 1.165) is 0 Å². The summed E-state index contributed by atoms with van der Waals surface area (Å²) in [4.78, 5) is 19.8. The molecule has 1 radical (unpaired) electrons. The van der Waals surface area contributed by atoms with Gasteiger partial charge >= 0.3 is 17.1 Å². The van der Waals surface area contributed by atoms with E-state index in [-0.39, 0.29) is 17.1 Å². The number of aliphatic carboxylic acids is 2.